The third kappa shape index (κ3) is 3.09. The molecule has 2 heterocycles. The van der Waals surface area contributed by atoms with E-state index in [2.05, 4.69) is 15.6 Å². The highest BCUT2D eigenvalue weighted by molar-refractivity contribution is 5.93. The lowest BCUT2D eigenvalue weighted by atomic mass is 9.89. The molecule has 1 aromatic heterocycles. The van der Waals surface area contributed by atoms with Crippen molar-refractivity contribution in [3.05, 3.63) is 35.5 Å². The number of unbranched alkanes of at least 4 members (excludes halogenated alkanes) is 2. The van der Waals surface area contributed by atoms with E-state index in [1.165, 1.54) is 0 Å². The van der Waals surface area contributed by atoms with E-state index >= 15 is 0 Å². The number of aromatic amines is 1. The minimum atomic E-state index is -4.76. The molecule has 1 aromatic carbocycles. The van der Waals surface area contributed by atoms with Gasteiger partial charge in [-0.15, -0.1) is 0 Å². The number of para-hydroxylation sites is 1. The number of aromatic nitrogens is 1. The van der Waals surface area contributed by atoms with E-state index in [4.69, 9.17) is 0 Å². The van der Waals surface area contributed by atoms with Crippen molar-refractivity contribution >= 4 is 16.8 Å². The molecule has 0 saturated carbocycles. The predicted octanol–water partition coefficient (Wildman–Crippen LogP) is 3.77. The van der Waals surface area contributed by atoms with Gasteiger partial charge in [-0.3, -0.25) is 10.1 Å². The van der Waals surface area contributed by atoms with Gasteiger partial charge in [-0.25, -0.2) is 0 Å². The van der Waals surface area contributed by atoms with Crippen LogP contribution in [0.2, 0.25) is 0 Å². The van der Waals surface area contributed by atoms with Crippen molar-refractivity contribution in [2.75, 3.05) is 13.1 Å². The summed E-state index contributed by atoms with van der Waals surface area (Å²) in [5.41, 5.74) is -1.62. The van der Waals surface area contributed by atoms with Gasteiger partial charge in [0.25, 0.3) is 5.91 Å². The van der Waals surface area contributed by atoms with Crippen LogP contribution in [0.25, 0.3) is 10.9 Å². The van der Waals surface area contributed by atoms with Crippen molar-refractivity contribution in [3.8, 4) is 0 Å². The fourth-order valence-corrected chi connectivity index (χ4v) is 3.68. The maximum atomic E-state index is 14.3. The number of nitrogens with one attached hydrogen (secondary N) is 3. The first-order valence-corrected chi connectivity index (χ1v) is 9.12. The second-order valence-corrected chi connectivity index (χ2v) is 6.77. The minimum absolute atomic E-state index is 0.0725. The van der Waals surface area contributed by atoms with Crippen LogP contribution >= 0.6 is 0 Å². The molecule has 7 heteroatoms. The summed E-state index contributed by atoms with van der Waals surface area (Å²) in [6.45, 7) is 2.36. The van der Waals surface area contributed by atoms with E-state index in [1.807, 2.05) is 6.92 Å². The van der Waals surface area contributed by atoms with Gasteiger partial charge in [-0.1, -0.05) is 38.0 Å². The van der Waals surface area contributed by atoms with Crippen LogP contribution < -0.4 is 10.6 Å². The standard InChI is InChI=1S/C19H24F3N3O/c1-2-3-6-11-23-17(26)18(19(20,21)22)16-14(9-7-12-24-18)13-8-4-5-10-15(13)25-16/h4-5,8,10,24-25H,2-3,6-7,9,11-12H2,1H3,(H,23,26). The zero-order valence-corrected chi connectivity index (χ0v) is 14.8. The van der Waals surface area contributed by atoms with Gasteiger partial charge in [0.05, 0.1) is 5.69 Å². The number of hydrogen-bond donors (Lipinski definition) is 3. The molecular weight excluding hydrogens is 343 g/mol. The molecule has 0 aliphatic carbocycles. The molecule has 0 saturated heterocycles. The van der Waals surface area contributed by atoms with Gasteiger partial charge >= 0.3 is 6.18 Å². The average molecular weight is 367 g/mol. The molecule has 1 atom stereocenters. The highest BCUT2D eigenvalue weighted by Crippen LogP contribution is 2.43. The summed E-state index contributed by atoms with van der Waals surface area (Å²) < 4.78 is 42.8. The molecule has 1 amide bonds. The predicted molar refractivity (Wildman–Crippen MR) is 94.9 cm³/mol. The number of H-pyrrole nitrogens is 1. The Bertz CT molecular complexity index is 784. The Labute approximate surface area is 150 Å². The number of fused-ring (bicyclic) bond motifs is 3. The lowest BCUT2D eigenvalue weighted by molar-refractivity contribution is -0.204. The van der Waals surface area contributed by atoms with E-state index < -0.39 is 17.6 Å². The molecule has 3 rings (SSSR count). The fourth-order valence-electron chi connectivity index (χ4n) is 3.68. The zero-order valence-electron chi connectivity index (χ0n) is 14.8. The lowest BCUT2D eigenvalue weighted by Gasteiger charge is -2.34. The molecule has 4 nitrogen and oxygen atoms in total. The quantitative estimate of drug-likeness (QED) is 0.705. The zero-order chi connectivity index (χ0) is 18.8. The molecular formula is C19H24F3N3O. The summed E-state index contributed by atoms with van der Waals surface area (Å²) in [5, 5.41) is 5.78. The van der Waals surface area contributed by atoms with Gasteiger partial charge in [0.2, 0.25) is 5.54 Å². The van der Waals surface area contributed by atoms with Crippen LogP contribution in [0.5, 0.6) is 0 Å². The maximum Gasteiger partial charge on any atom is 0.421 e. The minimum Gasteiger partial charge on any atom is -0.356 e. The summed E-state index contributed by atoms with van der Waals surface area (Å²) in [6.07, 6.45) is -1.27. The third-order valence-corrected chi connectivity index (χ3v) is 5.01. The first-order valence-electron chi connectivity index (χ1n) is 9.12. The van der Waals surface area contributed by atoms with Crippen LogP contribution in [0.4, 0.5) is 13.2 Å². The van der Waals surface area contributed by atoms with Crippen LogP contribution in [0.15, 0.2) is 24.3 Å². The molecule has 1 aliphatic heterocycles. The second kappa shape index (κ2) is 7.31. The number of alkyl halides is 3. The van der Waals surface area contributed by atoms with Crippen LogP contribution in [0, 0.1) is 0 Å². The number of rotatable bonds is 5. The van der Waals surface area contributed by atoms with Gasteiger partial charge in [-0.2, -0.15) is 13.2 Å². The maximum absolute atomic E-state index is 14.3. The Kier molecular flexibility index (Phi) is 5.27. The van der Waals surface area contributed by atoms with Crippen molar-refractivity contribution in [2.45, 2.75) is 50.7 Å². The van der Waals surface area contributed by atoms with Gasteiger partial charge in [0, 0.05) is 17.4 Å². The average Bonchev–Trinajstić information content (AvgIpc) is 2.85. The molecule has 0 fully saturated rings. The van der Waals surface area contributed by atoms with E-state index in [0.717, 1.165) is 18.2 Å². The molecule has 2 aromatic rings. The van der Waals surface area contributed by atoms with Crippen molar-refractivity contribution in [1.29, 1.82) is 0 Å². The first-order chi connectivity index (χ1) is 12.4. The number of carbonyl (C=O) groups is 1. The monoisotopic (exact) mass is 367 g/mol. The van der Waals surface area contributed by atoms with Crippen molar-refractivity contribution in [2.24, 2.45) is 0 Å². The number of hydrogen-bond acceptors (Lipinski definition) is 2. The number of carbonyl (C=O) groups excluding carboxylic acids is 1. The second-order valence-electron chi connectivity index (χ2n) is 6.77. The van der Waals surface area contributed by atoms with Gasteiger partial charge < -0.3 is 10.3 Å². The summed E-state index contributed by atoms with van der Waals surface area (Å²) in [6, 6.07) is 7.11. The van der Waals surface area contributed by atoms with Gasteiger partial charge in [-0.05, 0) is 37.4 Å². The molecule has 3 N–H and O–H groups in total. The Morgan fingerprint density at radius 3 is 2.77 bits per heavy atom. The summed E-state index contributed by atoms with van der Waals surface area (Å²) >= 11 is 0. The smallest absolute Gasteiger partial charge is 0.356 e. The Morgan fingerprint density at radius 1 is 1.27 bits per heavy atom. The largest absolute Gasteiger partial charge is 0.421 e. The highest BCUT2D eigenvalue weighted by Gasteiger charge is 2.63. The normalized spacial score (nSPS) is 20.6. The molecule has 26 heavy (non-hydrogen) atoms. The molecule has 1 aliphatic rings. The Balaban J connectivity index is 2.08. The lowest BCUT2D eigenvalue weighted by Crippen LogP contribution is -2.63. The summed E-state index contributed by atoms with van der Waals surface area (Å²) in [4.78, 5) is 15.7. The van der Waals surface area contributed by atoms with Crippen LogP contribution in [-0.2, 0) is 16.8 Å². The van der Waals surface area contributed by atoms with Crippen molar-refractivity contribution < 1.29 is 18.0 Å². The Morgan fingerprint density at radius 2 is 2.04 bits per heavy atom. The number of halogens is 3. The molecule has 0 spiro atoms. The van der Waals surface area contributed by atoms with E-state index in [0.29, 0.717) is 30.3 Å². The van der Waals surface area contributed by atoms with Crippen LogP contribution in [-0.4, -0.2) is 30.2 Å². The van der Waals surface area contributed by atoms with Crippen molar-refractivity contribution in [1.82, 2.24) is 15.6 Å². The van der Waals surface area contributed by atoms with Gasteiger partial charge in [0.1, 0.15) is 0 Å². The van der Waals surface area contributed by atoms with E-state index in [9.17, 15) is 18.0 Å². The SMILES string of the molecule is CCCCCNC(=O)C1(C(F)(F)F)NCCCc2c1[nH]c1ccccc21. The molecule has 0 radical (unpaired) electrons. The van der Waals surface area contributed by atoms with E-state index in [-0.39, 0.29) is 18.8 Å². The molecule has 1 unspecified atom stereocenters. The number of benzene rings is 1. The Hall–Kier alpha value is -2.02. The summed E-state index contributed by atoms with van der Waals surface area (Å²) in [5.74, 6) is -1.03. The van der Waals surface area contributed by atoms with Crippen molar-refractivity contribution in [3.63, 3.8) is 0 Å². The van der Waals surface area contributed by atoms with Gasteiger partial charge in [0.15, 0.2) is 0 Å². The van der Waals surface area contributed by atoms with Crippen LogP contribution in [0.3, 0.4) is 0 Å². The summed E-state index contributed by atoms with van der Waals surface area (Å²) in [7, 11) is 0. The van der Waals surface area contributed by atoms with Crippen LogP contribution in [0.1, 0.15) is 43.9 Å². The third-order valence-electron chi connectivity index (χ3n) is 5.01. The van der Waals surface area contributed by atoms with E-state index in [1.54, 1.807) is 24.3 Å². The first kappa shape index (κ1) is 18.8. The molecule has 142 valence electrons. The fraction of sp³-hybridized carbons (Fsp3) is 0.526. The number of amides is 1. The topological polar surface area (TPSA) is 56.9 Å². The highest BCUT2D eigenvalue weighted by atomic mass is 19.4. The molecule has 0 bridgehead atoms. The number of aryl methyl sites for hydroxylation is 1.